The highest BCUT2D eigenvalue weighted by Crippen LogP contribution is 2.32. The van der Waals surface area contributed by atoms with Crippen LogP contribution < -0.4 is 5.73 Å². The van der Waals surface area contributed by atoms with Crippen LogP contribution in [0.25, 0.3) is 22.6 Å². The first-order valence-corrected chi connectivity index (χ1v) is 6.45. The summed E-state index contributed by atoms with van der Waals surface area (Å²) in [6.45, 7) is 0. The van der Waals surface area contributed by atoms with Crippen molar-refractivity contribution in [3.63, 3.8) is 0 Å². The van der Waals surface area contributed by atoms with Crippen LogP contribution in [0.3, 0.4) is 0 Å². The Kier molecular flexibility index (Phi) is 3.21. The van der Waals surface area contributed by atoms with E-state index >= 15 is 0 Å². The number of halogens is 1. The molecule has 20 heavy (non-hydrogen) atoms. The summed E-state index contributed by atoms with van der Waals surface area (Å²) in [6, 6.07) is 7.30. The summed E-state index contributed by atoms with van der Waals surface area (Å²) in [5.74, 6) is 0.807. The molecule has 0 aliphatic rings. The van der Waals surface area contributed by atoms with Crippen molar-refractivity contribution in [3.05, 3.63) is 40.4 Å². The summed E-state index contributed by atoms with van der Waals surface area (Å²) in [7, 11) is 0. The molecule has 0 saturated carbocycles. The largest absolute Gasteiger partial charge is 0.383 e. The number of nitrogens with zero attached hydrogens (tertiary/aromatic N) is 3. The zero-order valence-electron chi connectivity index (χ0n) is 10.1. The Morgan fingerprint density at radius 1 is 1.20 bits per heavy atom. The average Bonchev–Trinajstić information content (AvgIpc) is 2.92. The SMILES string of the molecule is Nc1nc(=S)[nH]c(-c2ccc(Cl)cc2)c1-c1ncn[nH]1. The predicted molar refractivity (Wildman–Crippen MR) is 79.7 cm³/mol. The number of rotatable bonds is 2. The van der Waals surface area contributed by atoms with Crippen molar-refractivity contribution in [2.75, 3.05) is 5.73 Å². The van der Waals surface area contributed by atoms with Crippen LogP contribution in [0.4, 0.5) is 5.82 Å². The van der Waals surface area contributed by atoms with Gasteiger partial charge in [0, 0.05) is 5.02 Å². The van der Waals surface area contributed by atoms with E-state index in [4.69, 9.17) is 29.6 Å². The highest BCUT2D eigenvalue weighted by atomic mass is 35.5. The second-order valence-electron chi connectivity index (χ2n) is 4.02. The monoisotopic (exact) mass is 304 g/mol. The number of benzene rings is 1. The van der Waals surface area contributed by atoms with Crippen molar-refractivity contribution < 1.29 is 0 Å². The van der Waals surface area contributed by atoms with Crippen LogP contribution in [0.1, 0.15) is 0 Å². The summed E-state index contributed by atoms with van der Waals surface area (Å²) >= 11 is 11.0. The van der Waals surface area contributed by atoms with Gasteiger partial charge in [0.25, 0.3) is 0 Å². The van der Waals surface area contributed by atoms with Gasteiger partial charge < -0.3 is 10.7 Å². The Morgan fingerprint density at radius 2 is 1.95 bits per heavy atom. The molecule has 3 rings (SSSR count). The second kappa shape index (κ2) is 5.03. The maximum atomic E-state index is 5.97. The van der Waals surface area contributed by atoms with Crippen molar-refractivity contribution in [1.82, 2.24) is 25.1 Å². The van der Waals surface area contributed by atoms with Gasteiger partial charge in [-0.25, -0.2) is 9.97 Å². The van der Waals surface area contributed by atoms with E-state index in [9.17, 15) is 0 Å². The van der Waals surface area contributed by atoms with Gasteiger partial charge in [0.15, 0.2) is 10.6 Å². The minimum absolute atomic E-state index is 0.287. The van der Waals surface area contributed by atoms with E-state index in [2.05, 4.69) is 25.1 Å². The average molecular weight is 305 g/mol. The molecule has 0 aliphatic carbocycles. The molecule has 0 amide bonds. The van der Waals surface area contributed by atoms with Crippen molar-refractivity contribution in [1.29, 1.82) is 0 Å². The molecule has 0 unspecified atom stereocenters. The summed E-state index contributed by atoms with van der Waals surface area (Å²) in [4.78, 5) is 11.2. The molecule has 0 saturated heterocycles. The molecule has 100 valence electrons. The normalized spacial score (nSPS) is 10.7. The minimum atomic E-state index is 0.287. The van der Waals surface area contributed by atoms with Crippen LogP contribution in [-0.2, 0) is 0 Å². The summed E-state index contributed by atoms with van der Waals surface area (Å²) in [5.41, 5.74) is 8.19. The lowest BCUT2D eigenvalue weighted by Crippen LogP contribution is -2.01. The third kappa shape index (κ3) is 2.28. The van der Waals surface area contributed by atoms with Gasteiger partial charge >= 0.3 is 0 Å². The van der Waals surface area contributed by atoms with Gasteiger partial charge in [0.05, 0.1) is 11.3 Å². The van der Waals surface area contributed by atoms with E-state index in [1.165, 1.54) is 6.33 Å². The predicted octanol–water partition coefficient (Wildman–Crippen LogP) is 2.83. The van der Waals surface area contributed by atoms with E-state index < -0.39 is 0 Å². The van der Waals surface area contributed by atoms with E-state index in [1.807, 2.05) is 12.1 Å². The molecular formula is C12H9ClN6S. The number of hydrogen-bond donors (Lipinski definition) is 3. The van der Waals surface area contributed by atoms with Gasteiger partial charge in [0.1, 0.15) is 12.1 Å². The molecule has 4 N–H and O–H groups in total. The Hall–Kier alpha value is -2.25. The van der Waals surface area contributed by atoms with Crippen LogP contribution in [0, 0.1) is 4.77 Å². The fourth-order valence-electron chi connectivity index (χ4n) is 1.89. The highest BCUT2D eigenvalue weighted by molar-refractivity contribution is 7.71. The summed E-state index contributed by atoms with van der Waals surface area (Å²) < 4.78 is 0.302. The lowest BCUT2D eigenvalue weighted by Gasteiger charge is -2.09. The molecule has 0 spiro atoms. The number of nitrogen functional groups attached to an aromatic ring is 1. The summed E-state index contributed by atoms with van der Waals surface area (Å²) in [6.07, 6.45) is 1.40. The standard InChI is InChI=1S/C12H9ClN6S/c13-7-3-1-6(2-4-7)9-8(11-15-5-16-19-11)10(14)18-12(20)17-9/h1-5H,(H,15,16,19)(H3,14,17,18,20). The molecule has 0 atom stereocenters. The second-order valence-corrected chi connectivity index (χ2v) is 4.84. The number of H-pyrrole nitrogens is 2. The van der Waals surface area contributed by atoms with Crippen LogP contribution in [-0.4, -0.2) is 25.1 Å². The minimum Gasteiger partial charge on any atom is -0.383 e. The molecule has 6 nitrogen and oxygen atoms in total. The Morgan fingerprint density at radius 3 is 2.60 bits per heavy atom. The first-order valence-electron chi connectivity index (χ1n) is 5.66. The van der Waals surface area contributed by atoms with E-state index in [1.54, 1.807) is 12.1 Å². The van der Waals surface area contributed by atoms with Gasteiger partial charge in [-0.1, -0.05) is 23.7 Å². The quantitative estimate of drug-likeness (QED) is 0.633. The first kappa shape index (κ1) is 12.8. The van der Waals surface area contributed by atoms with Crippen LogP contribution in [0.2, 0.25) is 5.02 Å². The van der Waals surface area contributed by atoms with Crippen molar-refractivity contribution in [2.45, 2.75) is 0 Å². The lowest BCUT2D eigenvalue weighted by atomic mass is 10.1. The number of nitrogens with two attached hydrogens (primary N) is 1. The fourth-order valence-corrected chi connectivity index (χ4v) is 2.22. The Balaban J connectivity index is 2.29. The first-order chi connectivity index (χ1) is 9.65. The summed E-state index contributed by atoms with van der Waals surface area (Å²) in [5, 5.41) is 7.25. The van der Waals surface area contributed by atoms with E-state index in [0.29, 0.717) is 21.2 Å². The topological polar surface area (TPSA) is 96.3 Å². The maximum absolute atomic E-state index is 5.97. The van der Waals surface area contributed by atoms with Gasteiger partial charge in [-0.3, -0.25) is 5.10 Å². The van der Waals surface area contributed by atoms with Gasteiger partial charge in [-0.15, -0.1) is 0 Å². The molecule has 0 bridgehead atoms. The number of nitrogens with one attached hydrogen (secondary N) is 2. The molecule has 1 aromatic carbocycles. The number of aromatic amines is 2. The van der Waals surface area contributed by atoms with Gasteiger partial charge in [-0.2, -0.15) is 5.10 Å². The molecule has 0 fully saturated rings. The molecule has 2 aromatic heterocycles. The number of aromatic nitrogens is 5. The number of hydrogen-bond acceptors (Lipinski definition) is 5. The molecule has 0 radical (unpaired) electrons. The Bertz CT molecular complexity index is 794. The van der Waals surface area contributed by atoms with E-state index in [-0.39, 0.29) is 5.82 Å². The zero-order chi connectivity index (χ0) is 14.1. The van der Waals surface area contributed by atoms with Crippen LogP contribution >= 0.6 is 23.8 Å². The lowest BCUT2D eigenvalue weighted by molar-refractivity contribution is 1.08. The van der Waals surface area contributed by atoms with Crippen molar-refractivity contribution in [3.8, 4) is 22.6 Å². The fraction of sp³-hybridized carbons (Fsp3) is 0. The molecule has 3 aromatic rings. The molecule has 8 heteroatoms. The van der Waals surface area contributed by atoms with Gasteiger partial charge in [-0.05, 0) is 29.9 Å². The highest BCUT2D eigenvalue weighted by Gasteiger charge is 2.15. The molecule has 2 heterocycles. The molecular weight excluding hydrogens is 296 g/mol. The van der Waals surface area contributed by atoms with Crippen LogP contribution in [0.15, 0.2) is 30.6 Å². The zero-order valence-corrected chi connectivity index (χ0v) is 11.7. The third-order valence-electron chi connectivity index (χ3n) is 2.74. The van der Waals surface area contributed by atoms with Crippen LogP contribution in [0.5, 0.6) is 0 Å². The number of anilines is 1. The molecule has 0 aliphatic heterocycles. The van der Waals surface area contributed by atoms with E-state index in [0.717, 1.165) is 11.3 Å². The Labute approximate surface area is 124 Å². The van der Waals surface area contributed by atoms with Gasteiger partial charge in [0.2, 0.25) is 0 Å². The maximum Gasteiger partial charge on any atom is 0.199 e. The third-order valence-corrected chi connectivity index (χ3v) is 3.19. The smallest absolute Gasteiger partial charge is 0.199 e. The van der Waals surface area contributed by atoms with Crippen molar-refractivity contribution in [2.24, 2.45) is 0 Å². The van der Waals surface area contributed by atoms with Crippen molar-refractivity contribution >= 4 is 29.6 Å².